The van der Waals surface area contributed by atoms with E-state index in [9.17, 15) is 4.79 Å². The maximum atomic E-state index is 11.9. The molecule has 1 amide bonds. The van der Waals surface area contributed by atoms with E-state index in [0.29, 0.717) is 6.61 Å². The van der Waals surface area contributed by atoms with Crippen LogP contribution in [0.15, 0.2) is 67.3 Å². The van der Waals surface area contributed by atoms with Gasteiger partial charge in [0.25, 0.3) is 0 Å². The number of carbonyl (C=O) groups excluding carboxylic acids is 1. The lowest BCUT2D eigenvalue weighted by atomic mass is 10.1. The van der Waals surface area contributed by atoms with Crippen molar-refractivity contribution in [3.8, 4) is 5.75 Å². The van der Waals surface area contributed by atoms with E-state index in [0.717, 1.165) is 17.0 Å². The van der Waals surface area contributed by atoms with Crippen LogP contribution in [-0.2, 0) is 4.79 Å². The van der Waals surface area contributed by atoms with Gasteiger partial charge in [0, 0.05) is 11.8 Å². The molecule has 3 nitrogen and oxygen atoms in total. The fourth-order valence-corrected chi connectivity index (χ4v) is 1.82. The average Bonchev–Trinajstić information content (AvgIpc) is 2.54. The number of carbonyl (C=O) groups is 1. The van der Waals surface area contributed by atoms with Crippen LogP contribution in [0.5, 0.6) is 5.75 Å². The molecule has 1 N–H and O–H groups in total. The van der Waals surface area contributed by atoms with Crippen molar-refractivity contribution in [1.82, 2.24) is 0 Å². The number of amides is 1. The molecule has 0 bridgehead atoms. The fraction of sp³-hybridized carbons (Fsp3) is 0.105. The third-order valence-electron chi connectivity index (χ3n) is 2.99. The number of hydrogen-bond acceptors (Lipinski definition) is 2. The predicted octanol–water partition coefficient (Wildman–Crippen LogP) is 4.21. The molecule has 0 aliphatic rings. The molecule has 0 radical (unpaired) electrons. The van der Waals surface area contributed by atoms with Gasteiger partial charge < -0.3 is 10.1 Å². The van der Waals surface area contributed by atoms with Crippen LogP contribution in [0.1, 0.15) is 11.1 Å². The first-order valence-electron chi connectivity index (χ1n) is 7.07. The van der Waals surface area contributed by atoms with Crippen LogP contribution >= 0.6 is 0 Å². The molecule has 0 saturated carbocycles. The average molecular weight is 293 g/mol. The van der Waals surface area contributed by atoms with Gasteiger partial charge in [0.15, 0.2) is 0 Å². The van der Waals surface area contributed by atoms with Crippen LogP contribution < -0.4 is 10.1 Å². The molecule has 0 aromatic heterocycles. The van der Waals surface area contributed by atoms with Crippen LogP contribution in [-0.4, -0.2) is 12.5 Å². The number of benzene rings is 2. The number of hydrogen-bond donors (Lipinski definition) is 1. The van der Waals surface area contributed by atoms with E-state index in [1.807, 2.05) is 43.3 Å². The van der Waals surface area contributed by atoms with Gasteiger partial charge in [-0.1, -0.05) is 42.5 Å². The second-order valence-corrected chi connectivity index (χ2v) is 4.86. The minimum atomic E-state index is -0.166. The Kier molecular flexibility index (Phi) is 5.55. The van der Waals surface area contributed by atoms with Gasteiger partial charge in [-0.05, 0) is 42.8 Å². The molecule has 0 spiro atoms. The Labute approximate surface area is 130 Å². The normalized spacial score (nSPS) is 10.4. The molecule has 0 aliphatic heterocycles. The third-order valence-corrected chi connectivity index (χ3v) is 2.99. The molecule has 0 heterocycles. The van der Waals surface area contributed by atoms with Crippen molar-refractivity contribution in [1.29, 1.82) is 0 Å². The molecule has 0 unspecified atom stereocenters. The van der Waals surface area contributed by atoms with Crippen molar-refractivity contribution in [2.24, 2.45) is 0 Å². The van der Waals surface area contributed by atoms with Crippen molar-refractivity contribution in [2.75, 3.05) is 11.9 Å². The lowest BCUT2D eigenvalue weighted by Crippen LogP contribution is -2.07. The van der Waals surface area contributed by atoms with Crippen LogP contribution in [0.2, 0.25) is 0 Å². The highest BCUT2D eigenvalue weighted by Crippen LogP contribution is 2.15. The molecule has 22 heavy (non-hydrogen) atoms. The van der Waals surface area contributed by atoms with Gasteiger partial charge in [-0.25, -0.2) is 0 Å². The summed E-state index contributed by atoms with van der Waals surface area (Å²) in [6.45, 7) is 6.09. The maximum absolute atomic E-state index is 11.9. The first-order valence-corrected chi connectivity index (χ1v) is 7.07. The summed E-state index contributed by atoms with van der Waals surface area (Å²) in [5.41, 5.74) is 2.92. The summed E-state index contributed by atoms with van der Waals surface area (Å²) in [5.74, 6) is 0.577. The largest absolute Gasteiger partial charge is 0.490 e. The molecule has 0 fully saturated rings. The summed E-state index contributed by atoms with van der Waals surface area (Å²) in [5, 5.41) is 2.81. The van der Waals surface area contributed by atoms with E-state index in [-0.39, 0.29) is 5.91 Å². The molecule has 2 aromatic carbocycles. The Morgan fingerprint density at radius 1 is 1.14 bits per heavy atom. The molecule has 112 valence electrons. The quantitative estimate of drug-likeness (QED) is 0.640. The van der Waals surface area contributed by atoms with E-state index >= 15 is 0 Å². The Hall–Kier alpha value is -2.81. The highest BCUT2D eigenvalue weighted by Gasteiger charge is 1.99. The van der Waals surface area contributed by atoms with Gasteiger partial charge in [-0.3, -0.25) is 4.79 Å². The van der Waals surface area contributed by atoms with Crippen molar-refractivity contribution < 1.29 is 9.53 Å². The van der Waals surface area contributed by atoms with Gasteiger partial charge in [0.2, 0.25) is 5.91 Å². The second-order valence-electron chi connectivity index (χ2n) is 4.86. The Morgan fingerprint density at radius 2 is 1.82 bits per heavy atom. The monoisotopic (exact) mass is 293 g/mol. The van der Waals surface area contributed by atoms with Crippen molar-refractivity contribution >= 4 is 17.7 Å². The van der Waals surface area contributed by atoms with E-state index in [1.54, 1.807) is 24.3 Å². The van der Waals surface area contributed by atoms with E-state index in [2.05, 4.69) is 11.9 Å². The van der Waals surface area contributed by atoms with Crippen LogP contribution in [0, 0.1) is 6.92 Å². The van der Waals surface area contributed by atoms with Crippen molar-refractivity contribution in [3.05, 3.63) is 78.4 Å². The molecule has 0 aliphatic carbocycles. The number of rotatable bonds is 6. The molecule has 2 aromatic rings. The summed E-state index contributed by atoms with van der Waals surface area (Å²) < 4.78 is 5.39. The summed E-state index contributed by atoms with van der Waals surface area (Å²) >= 11 is 0. The lowest BCUT2D eigenvalue weighted by molar-refractivity contribution is -0.111. The molecule has 0 atom stereocenters. The number of anilines is 1. The maximum Gasteiger partial charge on any atom is 0.248 e. The molecular formula is C19H19NO2. The summed E-state index contributed by atoms with van der Waals surface area (Å²) in [4.78, 5) is 11.9. The smallest absolute Gasteiger partial charge is 0.248 e. The summed E-state index contributed by atoms with van der Waals surface area (Å²) in [6, 6.07) is 15.2. The standard InChI is InChI=1S/C19H19NO2/c1-3-14-22-18-11-9-17(10-12-18)20-19(21)13-8-16-6-4-15(2)5-7-16/h3-13H,1,14H2,2H3,(H,20,21). The zero-order valence-electron chi connectivity index (χ0n) is 12.6. The highest BCUT2D eigenvalue weighted by molar-refractivity contribution is 6.01. The molecular weight excluding hydrogens is 274 g/mol. The zero-order valence-corrected chi connectivity index (χ0v) is 12.6. The Balaban J connectivity index is 1.91. The molecule has 3 heteroatoms. The van der Waals surface area contributed by atoms with E-state index in [1.165, 1.54) is 11.6 Å². The van der Waals surface area contributed by atoms with Crippen LogP contribution in [0.4, 0.5) is 5.69 Å². The van der Waals surface area contributed by atoms with Gasteiger partial charge in [-0.2, -0.15) is 0 Å². The number of aryl methyl sites for hydroxylation is 1. The Bertz CT molecular complexity index is 655. The molecule has 2 rings (SSSR count). The fourth-order valence-electron chi connectivity index (χ4n) is 1.82. The lowest BCUT2D eigenvalue weighted by Gasteiger charge is -2.05. The van der Waals surface area contributed by atoms with E-state index < -0.39 is 0 Å². The van der Waals surface area contributed by atoms with Gasteiger partial charge in [-0.15, -0.1) is 0 Å². The Morgan fingerprint density at radius 3 is 2.45 bits per heavy atom. The van der Waals surface area contributed by atoms with Crippen molar-refractivity contribution in [3.63, 3.8) is 0 Å². The van der Waals surface area contributed by atoms with E-state index in [4.69, 9.17) is 4.74 Å². The zero-order chi connectivity index (χ0) is 15.8. The minimum absolute atomic E-state index is 0.166. The predicted molar refractivity (Wildman–Crippen MR) is 91.0 cm³/mol. The number of nitrogens with one attached hydrogen (secondary N) is 1. The van der Waals surface area contributed by atoms with Crippen LogP contribution in [0.3, 0.4) is 0 Å². The van der Waals surface area contributed by atoms with Gasteiger partial charge in [0.1, 0.15) is 12.4 Å². The molecule has 0 saturated heterocycles. The highest BCUT2D eigenvalue weighted by atomic mass is 16.5. The van der Waals surface area contributed by atoms with Crippen molar-refractivity contribution in [2.45, 2.75) is 6.92 Å². The number of ether oxygens (including phenoxy) is 1. The minimum Gasteiger partial charge on any atom is -0.490 e. The topological polar surface area (TPSA) is 38.3 Å². The van der Waals surface area contributed by atoms with Gasteiger partial charge >= 0.3 is 0 Å². The first kappa shape index (κ1) is 15.6. The SMILES string of the molecule is C=CCOc1ccc(NC(=O)C=Cc2ccc(C)cc2)cc1. The first-order chi connectivity index (χ1) is 10.7. The van der Waals surface area contributed by atoms with Gasteiger partial charge in [0.05, 0.1) is 0 Å². The second kappa shape index (κ2) is 7.84. The van der Waals surface area contributed by atoms with Crippen LogP contribution in [0.25, 0.3) is 6.08 Å². The third kappa shape index (κ3) is 4.94. The summed E-state index contributed by atoms with van der Waals surface area (Å²) in [6.07, 6.45) is 4.99. The summed E-state index contributed by atoms with van der Waals surface area (Å²) in [7, 11) is 0.